The Bertz CT molecular complexity index is 1080. The number of allylic oxidation sites excluding steroid dienone is 4. The topological polar surface area (TPSA) is 25.6 Å². The maximum Gasteiger partial charge on any atom is 0.136 e. The second-order valence-corrected chi connectivity index (χ2v) is 8.48. The Hall–Kier alpha value is -1.72. The van der Waals surface area contributed by atoms with E-state index in [9.17, 15) is 0 Å². The molecule has 0 radical (unpaired) electrons. The molecule has 1 aromatic heterocycles. The van der Waals surface area contributed by atoms with E-state index < -0.39 is 0 Å². The van der Waals surface area contributed by atoms with Crippen molar-refractivity contribution >= 4 is 45.3 Å². The summed E-state index contributed by atoms with van der Waals surface area (Å²) in [7, 11) is 4.16. The maximum atomic E-state index is 6.25. The number of furan rings is 1. The van der Waals surface area contributed by atoms with E-state index in [2.05, 4.69) is 37.2 Å². The van der Waals surface area contributed by atoms with Gasteiger partial charge in [-0.2, -0.15) is 0 Å². The lowest BCUT2D eigenvalue weighted by atomic mass is 10.1. The molecule has 2 aliphatic rings. The highest BCUT2D eigenvalue weighted by Gasteiger charge is 2.18. The summed E-state index contributed by atoms with van der Waals surface area (Å²) in [6, 6.07) is 5.79. The smallest absolute Gasteiger partial charge is 0.136 e. The van der Waals surface area contributed by atoms with E-state index in [0.29, 0.717) is 6.61 Å². The summed E-state index contributed by atoms with van der Waals surface area (Å²) in [5.74, 6) is 0. The van der Waals surface area contributed by atoms with Crippen LogP contribution in [0.1, 0.15) is 6.42 Å². The molecule has 0 atom stereocenters. The minimum Gasteiger partial charge on any atom is -0.456 e. The van der Waals surface area contributed by atoms with Crippen molar-refractivity contribution in [2.45, 2.75) is 6.42 Å². The number of hydrogen-bond donors (Lipinski definition) is 0. The van der Waals surface area contributed by atoms with Crippen LogP contribution in [0.25, 0.3) is 22.0 Å². The van der Waals surface area contributed by atoms with Gasteiger partial charge in [-0.15, -0.1) is 0 Å². The molecule has 0 saturated heterocycles. The molecule has 1 aromatic carbocycles. The van der Waals surface area contributed by atoms with Crippen LogP contribution in [0.2, 0.25) is 5.02 Å². The van der Waals surface area contributed by atoms with E-state index in [-0.39, 0.29) is 0 Å². The number of benzene rings is 1. The molecule has 140 valence electrons. The van der Waals surface area contributed by atoms with E-state index in [4.69, 9.17) is 20.8 Å². The van der Waals surface area contributed by atoms with Gasteiger partial charge in [-0.25, -0.2) is 0 Å². The van der Waals surface area contributed by atoms with E-state index in [1.807, 2.05) is 30.4 Å². The Kier molecular flexibility index (Phi) is 5.60. The first kappa shape index (κ1) is 18.6. The van der Waals surface area contributed by atoms with Crippen molar-refractivity contribution in [3.05, 3.63) is 68.6 Å². The van der Waals surface area contributed by atoms with Crippen molar-refractivity contribution in [3.63, 3.8) is 0 Å². The lowest BCUT2D eigenvalue weighted by Crippen LogP contribution is -2.22. The molecule has 0 spiro atoms. The number of thioether (sulfide) groups is 1. The number of ether oxygens (including phenoxy) is 1. The highest BCUT2D eigenvalue weighted by molar-refractivity contribution is 8.11. The van der Waals surface area contributed by atoms with Gasteiger partial charge in [-0.3, -0.25) is 0 Å². The van der Waals surface area contributed by atoms with Gasteiger partial charge in [0, 0.05) is 32.0 Å². The van der Waals surface area contributed by atoms with Gasteiger partial charge in [0.1, 0.15) is 11.0 Å². The zero-order valence-corrected chi connectivity index (χ0v) is 17.1. The Morgan fingerprint density at radius 3 is 2.93 bits per heavy atom. The highest BCUT2D eigenvalue weighted by atomic mass is 35.5. The van der Waals surface area contributed by atoms with Crippen molar-refractivity contribution < 1.29 is 9.15 Å². The van der Waals surface area contributed by atoms with Crippen LogP contribution in [0.3, 0.4) is 0 Å². The van der Waals surface area contributed by atoms with Crippen LogP contribution in [-0.2, 0) is 4.74 Å². The average molecular weight is 400 g/mol. The molecule has 1 aliphatic heterocycles. The molecule has 0 saturated carbocycles. The second-order valence-electron chi connectivity index (χ2n) is 6.90. The second kappa shape index (κ2) is 8.11. The standard InChI is InChI=1S/C22H22ClNO2S/c1-24(2)11-4-12-25-14-17-9-7-15-5-3-6-20-21(22(15)27-17)18-13-16(23)8-10-19(18)26-20/h3,5-10,13H,4,11-12,14H2,1-2H3. The minimum atomic E-state index is 0.630. The van der Waals surface area contributed by atoms with Crippen LogP contribution in [0, 0.1) is 0 Å². The molecular weight excluding hydrogens is 378 g/mol. The fourth-order valence-electron chi connectivity index (χ4n) is 3.22. The first-order valence-electron chi connectivity index (χ1n) is 9.04. The van der Waals surface area contributed by atoms with Gasteiger partial charge in [0.05, 0.1) is 6.61 Å². The Labute approximate surface area is 168 Å². The summed E-state index contributed by atoms with van der Waals surface area (Å²) in [5, 5.41) is 2.89. The molecule has 0 amide bonds. The summed E-state index contributed by atoms with van der Waals surface area (Å²) in [4.78, 5) is 4.58. The third kappa shape index (κ3) is 4.09. The number of hydrogen-bond acceptors (Lipinski definition) is 4. The quantitative estimate of drug-likeness (QED) is 0.684. The first-order valence-corrected chi connectivity index (χ1v) is 10.2. The zero-order chi connectivity index (χ0) is 18.8. The third-order valence-corrected chi connectivity index (χ3v) is 5.91. The largest absolute Gasteiger partial charge is 0.456 e. The molecule has 2 heterocycles. The molecule has 27 heavy (non-hydrogen) atoms. The molecule has 4 rings (SSSR count). The van der Waals surface area contributed by atoms with Crippen LogP contribution in [0.5, 0.6) is 0 Å². The summed E-state index contributed by atoms with van der Waals surface area (Å²) < 4.78 is 11.9. The van der Waals surface area contributed by atoms with Crippen molar-refractivity contribution in [2.24, 2.45) is 0 Å². The van der Waals surface area contributed by atoms with Crippen molar-refractivity contribution in [1.29, 1.82) is 0 Å². The van der Waals surface area contributed by atoms with Crippen LogP contribution in [0.15, 0.2) is 57.4 Å². The van der Waals surface area contributed by atoms with Crippen LogP contribution < -0.4 is 10.6 Å². The molecule has 1 aliphatic carbocycles. The predicted octanol–water partition coefficient (Wildman–Crippen LogP) is 4.07. The summed E-state index contributed by atoms with van der Waals surface area (Å²) >= 11 is 8.01. The molecule has 0 unspecified atom stereocenters. The number of nitrogens with zero attached hydrogens (tertiary/aromatic N) is 1. The van der Waals surface area contributed by atoms with Gasteiger partial charge in [-0.1, -0.05) is 41.6 Å². The molecule has 0 fully saturated rings. The fourth-order valence-corrected chi connectivity index (χ4v) is 4.50. The molecule has 3 nitrogen and oxygen atoms in total. The van der Waals surface area contributed by atoms with E-state index in [1.165, 1.54) is 15.4 Å². The van der Waals surface area contributed by atoms with Crippen LogP contribution >= 0.6 is 23.4 Å². The number of halogens is 1. The highest BCUT2D eigenvalue weighted by Crippen LogP contribution is 2.37. The SMILES string of the molecule is CN(C)CCCOCC1=CC=C2C=CC=c3oc4ccc(Cl)cc4c3=C2S1. The minimum absolute atomic E-state index is 0.630. The summed E-state index contributed by atoms with van der Waals surface area (Å²) in [6.07, 6.45) is 11.5. The van der Waals surface area contributed by atoms with E-state index in [1.54, 1.807) is 11.8 Å². The molecular formula is C22H22ClNO2S. The summed E-state index contributed by atoms with van der Waals surface area (Å²) in [5.41, 5.74) is 2.93. The van der Waals surface area contributed by atoms with Crippen LogP contribution in [0.4, 0.5) is 0 Å². The average Bonchev–Trinajstić information content (AvgIpc) is 2.89. The number of fused-ring (bicyclic) bond motifs is 4. The summed E-state index contributed by atoms with van der Waals surface area (Å²) in [6.45, 7) is 2.44. The lowest BCUT2D eigenvalue weighted by Gasteiger charge is -2.16. The maximum absolute atomic E-state index is 6.25. The Balaban J connectivity index is 1.64. The van der Waals surface area contributed by atoms with E-state index in [0.717, 1.165) is 46.2 Å². The molecule has 0 N–H and O–H groups in total. The Morgan fingerprint density at radius 2 is 2.07 bits per heavy atom. The normalized spacial score (nSPS) is 15.9. The Morgan fingerprint density at radius 1 is 1.19 bits per heavy atom. The lowest BCUT2D eigenvalue weighted by molar-refractivity contribution is 0.150. The van der Waals surface area contributed by atoms with Crippen LogP contribution in [-0.4, -0.2) is 38.8 Å². The third-order valence-electron chi connectivity index (χ3n) is 4.51. The zero-order valence-electron chi connectivity index (χ0n) is 15.5. The fraction of sp³-hybridized carbons (Fsp3) is 0.273. The van der Waals surface area contributed by atoms with Crippen molar-refractivity contribution in [2.75, 3.05) is 33.9 Å². The molecule has 0 bridgehead atoms. The number of rotatable bonds is 6. The van der Waals surface area contributed by atoms with Gasteiger partial charge >= 0.3 is 0 Å². The predicted molar refractivity (Wildman–Crippen MR) is 115 cm³/mol. The van der Waals surface area contributed by atoms with Gasteiger partial charge < -0.3 is 14.1 Å². The van der Waals surface area contributed by atoms with Gasteiger partial charge in [0.2, 0.25) is 0 Å². The van der Waals surface area contributed by atoms with Crippen molar-refractivity contribution in [3.8, 4) is 0 Å². The van der Waals surface area contributed by atoms with Crippen molar-refractivity contribution in [1.82, 2.24) is 4.90 Å². The van der Waals surface area contributed by atoms with Gasteiger partial charge in [0.25, 0.3) is 0 Å². The molecule has 2 aromatic rings. The molecule has 5 heteroatoms. The van der Waals surface area contributed by atoms with Gasteiger partial charge in [0.15, 0.2) is 0 Å². The first-order chi connectivity index (χ1) is 13.1. The van der Waals surface area contributed by atoms with E-state index >= 15 is 0 Å². The van der Waals surface area contributed by atoms with Gasteiger partial charge in [-0.05, 0) is 63.0 Å². The monoisotopic (exact) mass is 399 g/mol.